The van der Waals surface area contributed by atoms with Gasteiger partial charge in [0.15, 0.2) is 0 Å². The zero-order valence-electron chi connectivity index (χ0n) is 5.37. The van der Waals surface area contributed by atoms with Crippen molar-refractivity contribution in [1.82, 2.24) is 4.90 Å². The molecule has 0 atom stereocenters. The van der Waals surface area contributed by atoms with Crippen molar-refractivity contribution >= 4 is 51.1 Å². The summed E-state index contributed by atoms with van der Waals surface area (Å²) >= 11 is 11.1. The summed E-state index contributed by atoms with van der Waals surface area (Å²) in [6.07, 6.45) is 0. The molecule has 0 aromatic carbocycles. The SMILES string of the molecule is O=C(Cl)CN1C(=O)CSC1=S. The van der Waals surface area contributed by atoms with Gasteiger partial charge in [0, 0.05) is 0 Å². The van der Waals surface area contributed by atoms with E-state index in [1.807, 2.05) is 0 Å². The zero-order chi connectivity index (χ0) is 8.43. The van der Waals surface area contributed by atoms with Crippen molar-refractivity contribution in [2.24, 2.45) is 0 Å². The summed E-state index contributed by atoms with van der Waals surface area (Å²) in [5.74, 6) is 0.178. The second-order valence-electron chi connectivity index (χ2n) is 1.89. The van der Waals surface area contributed by atoms with Crippen LogP contribution in [0.2, 0.25) is 0 Å². The second-order valence-corrected chi connectivity index (χ2v) is 3.92. The fourth-order valence-electron chi connectivity index (χ4n) is 0.658. The van der Waals surface area contributed by atoms with E-state index in [0.29, 0.717) is 10.1 Å². The molecule has 1 fully saturated rings. The normalized spacial score (nSPS) is 17.7. The quantitative estimate of drug-likeness (QED) is 0.494. The number of carbonyl (C=O) groups excluding carboxylic acids is 2. The van der Waals surface area contributed by atoms with E-state index < -0.39 is 5.24 Å². The van der Waals surface area contributed by atoms with Crippen molar-refractivity contribution in [2.75, 3.05) is 12.3 Å². The van der Waals surface area contributed by atoms with Crippen LogP contribution in [0.15, 0.2) is 0 Å². The summed E-state index contributed by atoms with van der Waals surface area (Å²) in [7, 11) is 0. The van der Waals surface area contributed by atoms with Crippen LogP contribution in [0.25, 0.3) is 0 Å². The molecule has 0 aliphatic carbocycles. The highest BCUT2D eigenvalue weighted by atomic mass is 35.5. The van der Waals surface area contributed by atoms with Gasteiger partial charge < -0.3 is 0 Å². The Morgan fingerprint density at radius 2 is 2.45 bits per heavy atom. The highest BCUT2D eigenvalue weighted by Crippen LogP contribution is 2.18. The zero-order valence-corrected chi connectivity index (χ0v) is 7.76. The van der Waals surface area contributed by atoms with E-state index in [0.717, 1.165) is 0 Å². The highest BCUT2D eigenvalue weighted by Gasteiger charge is 2.27. The van der Waals surface area contributed by atoms with Crippen molar-refractivity contribution in [3.8, 4) is 0 Å². The van der Waals surface area contributed by atoms with Gasteiger partial charge in [0.25, 0.3) is 0 Å². The average molecular weight is 210 g/mol. The molecule has 0 bridgehead atoms. The predicted octanol–water partition coefficient (Wildman–Crippen LogP) is 0.612. The highest BCUT2D eigenvalue weighted by molar-refractivity contribution is 8.23. The summed E-state index contributed by atoms with van der Waals surface area (Å²) in [5.41, 5.74) is 0. The lowest BCUT2D eigenvalue weighted by Gasteiger charge is -2.10. The van der Waals surface area contributed by atoms with E-state index in [-0.39, 0.29) is 12.5 Å². The van der Waals surface area contributed by atoms with E-state index >= 15 is 0 Å². The lowest BCUT2D eigenvalue weighted by Crippen LogP contribution is -2.32. The molecular weight excluding hydrogens is 206 g/mol. The summed E-state index contributed by atoms with van der Waals surface area (Å²) in [5, 5.41) is -0.566. The Morgan fingerprint density at radius 3 is 2.82 bits per heavy atom. The maximum absolute atomic E-state index is 10.9. The molecule has 1 amide bonds. The monoisotopic (exact) mass is 209 g/mol. The molecule has 1 heterocycles. The molecule has 1 saturated heterocycles. The predicted molar refractivity (Wildman–Crippen MR) is 47.6 cm³/mol. The molecule has 6 heteroatoms. The van der Waals surface area contributed by atoms with Gasteiger partial charge in [-0.25, -0.2) is 0 Å². The Bertz CT molecular complexity index is 215. The maximum atomic E-state index is 10.9. The standard InChI is InChI=1S/C5H4ClNO2S2/c6-3(8)1-7-4(9)2-11-5(7)10/h1-2H2. The van der Waals surface area contributed by atoms with E-state index in [4.69, 9.17) is 23.8 Å². The first-order chi connectivity index (χ1) is 5.11. The molecule has 1 rings (SSSR count). The first-order valence-corrected chi connectivity index (χ1v) is 4.54. The first-order valence-electron chi connectivity index (χ1n) is 2.76. The van der Waals surface area contributed by atoms with Gasteiger partial charge in [0.2, 0.25) is 11.1 Å². The lowest BCUT2D eigenvalue weighted by molar-refractivity contribution is -0.126. The topological polar surface area (TPSA) is 37.4 Å². The molecule has 0 radical (unpaired) electrons. The Hall–Kier alpha value is -0.130. The Labute approximate surface area is 78.1 Å². The number of amides is 1. The number of thiocarbonyl (C=S) groups is 1. The molecule has 3 nitrogen and oxygen atoms in total. The summed E-state index contributed by atoms with van der Waals surface area (Å²) in [4.78, 5) is 22.5. The van der Waals surface area contributed by atoms with Crippen molar-refractivity contribution < 1.29 is 9.59 Å². The molecule has 0 unspecified atom stereocenters. The van der Waals surface area contributed by atoms with Crippen LogP contribution in [0.5, 0.6) is 0 Å². The van der Waals surface area contributed by atoms with Gasteiger partial charge in [0.1, 0.15) is 10.9 Å². The van der Waals surface area contributed by atoms with Gasteiger partial charge in [-0.1, -0.05) is 24.0 Å². The number of halogens is 1. The van der Waals surface area contributed by atoms with E-state index in [2.05, 4.69) is 0 Å². The van der Waals surface area contributed by atoms with Crippen molar-refractivity contribution in [3.05, 3.63) is 0 Å². The molecule has 0 N–H and O–H groups in total. The molecule has 0 saturated carbocycles. The van der Waals surface area contributed by atoms with Gasteiger partial charge in [-0.3, -0.25) is 14.5 Å². The third-order valence-corrected chi connectivity index (χ3v) is 2.68. The van der Waals surface area contributed by atoms with Crippen LogP contribution in [0.4, 0.5) is 0 Å². The van der Waals surface area contributed by atoms with Crippen LogP contribution < -0.4 is 0 Å². The fourth-order valence-corrected chi connectivity index (χ4v) is 1.85. The number of nitrogens with zero attached hydrogens (tertiary/aromatic N) is 1. The van der Waals surface area contributed by atoms with Gasteiger partial charge in [-0.05, 0) is 11.6 Å². The number of hydrogen-bond donors (Lipinski definition) is 0. The Morgan fingerprint density at radius 1 is 1.82 bits per heavy atom. The summed E-state index contributed by atoms with van der Waals surface area (Å²) in [6, 6.07) is 0. The fraction of sp³-hybridized carbons (Fsp3) is 0.400. The third kappa shape index (κ3) is 2.15. The van der Waals surface area contributed by atoms with E-state index in [1.54, 1.807) is 0 Å². The molecule has 0 aromatic heterocycles. The molecule has 11 heavy (non-hydrogen) atoms. The number of thioether (sulfide) groups is 1. The van der Waals surface area contributed by atoms with Crippen LogP contribution in [0, 0.1) is 0 Å². The Balaban J connectivity index is 2.62. The molecule has 0 aromatic rings. The minimum atomic E-state index is -0.566. The molecule has 1 aliphatic heterocycles. The van der Waals surface area contributed by atoms with Crippen LogP contribution in [0.3, 0.4) is 0 Å². The van der Waals surface area contributed by atoms with Gasteiger partial charge >= 0.3 is 0 Å². The minimum Gasteiger partial charge on any atom is -0.288 e. The molecule has 60 valence electrons. The lowest BCUT2D eigenvalue weighted by atomic mass is 10.5. The second kappa shape index (κ2) is 3.51. The van der Waals surface area contributed by atoms with Crippen LogP contribution in [-0.2, 0) is 9.59 Å². The number of carbonyl (C=O) groups is 2. The first kappa shape index (κ1) is 8.96. The summed E-state index contributed by atoms with van der Waals surface area (Å²) < 4.78 is 0.434. The van der Waals surface area contributed by atoms with Crippen molar-refractivity contribution in [3.63, 3.8) is 0 Å². The van der Waals surface area contributed by atoms with Crippen LogP contribution in [-0.4, -0.2) is 32.7 Å². The van der Waals surface area contributed by atoms with E-state index in [1.165, 1.54) is 16.7 Å². The smallest absolute Gasteiger partial charge is 0.241 e. The number of rotatable bonds is 2. The van der Waals surface area contributed by atoms with Gasteiger partial charge in [0.05, 0.1) is 5.75 Å². The van der Waals surface area contributed by atoms with Crippen LogP contribution >= 0.6 is 35.6 Å². The van der Waals surface area contributed by atoms with E-state index in [9.17, 15) is 9.59 Å². The Kier molecular flexibility index (Phi) is 2.86. The third-order valence-electron chi connectivity index (χ3n) is 1.12. The van der Waals surface area contributed by atoms with Gasteiger partial charge in [-0.15, -0.1) is 0 Å². The number of hydrogen-bond acceptors (Lipinski definition) is 4. The average Bonchev–Trinajstić information content (AvgIpc) is 2.18. The largest absolute Gasteiger partial charge is 0.288 e. The summed E-state index contributed by atoms with van der Waals surface area (Å²) in [6.45, 7) is -0.105. The van der Waals surface area contributed by atoms with Crippen molar-refractivity contribution in [1.29, 1.82) is 0 Å². The minimum absolute atomic E-state index is 0.105. The molecular formula is C5H4ClNO2S2. The van der Waals surface area contributed by atoms with Gasteiger partial charge in [-0.2, -0.15) is 0 Å². The van der Waals surface area contributed by atoms with Crippen molar-refractivity contribution in [2.45, 2.75) is 0 Å². The maximum Gasteiger partial charge on any atom is 0.241 e. The van der Waals surface area contributed by atoms with Crippen LogP contribution in [0.1, 0.15) is 0 Å². The molecule has 1 aliphatic rings. The molecule has 0 spiro atoms.